The van der Waals surface area contributed by atoms with E-state index >= 15 is 0 Å². The van der Waals surface area contributed by atoms with Gasteiger partial charge in [-0.1, -0.05) is 64.0 Å². The third kappa shape index (κ3) is 6.43. The van der Waals surface area contributed by atoms with Crippen LogP contribution >= 0.6 is 0 Å². The molecule has 2 rings (SSSR count). The highest BCUT2D eigenvalue weighted by Crippen LogP contribution is 2.21. The summed E-state index contributed by atoms with van der Waals surface area (Å²) in [5.74, 6) is 0.749. The van der Waals surface area contributed by atoms with Gasteiger partial charge in [-0.2, -0.15) is 0 Å². The second-order valence-corrected chi connectivity index (χ2v) is 7.18. The summed E-state index contributed by atoms with van der Waals surface area (Å²) in [6.07, 6.45) is 23.3. The summed E-state index contributed by atoms with van der Waals surface area (Å²) < 4.78 is 0. The van der Waals surface area contributed by atoms with Crippen molar-refractivity contribution in [3.05, 3.63) is 12.2 Å². The van der Waals surface area contributed by atoms with Crippen LogP contribution in [0.1, 0.15) is 90.4 Å². The lowest BCUT2D eigenvalue weighted by molar-refractivity contribution is 0.312. The summed E-state index contributed by atoms with van der Waals surface area (Å²) in [7, 11) is 0. The number of hydrogen-bond acceptors (Lipinski definition) is 1. The zero-order valence-corrected chi connectivity index (χ0v) is 13.6. The molecule has 2 aliphatic rings. The van der Waals surface area contributed by atoms with E-state index in [4.69, 9.17) is 0 Å². The van der Waals surface area contributed by atoms with Gasteiger partial charge in [-0.3, -0.25) is 0 Å². The van der Waals surface area contributed by atoms with E-state index in [-0.39, 0.29) is 0 Å². The number of allylic oxidation sites excluding steroid dienone is 2. The summed E-state index contributed by atoms with van der Waals surface area (Å²) in [4.78, 5) is 0. The van der Waals surface area contributed by atoms with Gasteiger partial charge in [-0.05, 0) is 44.4 Å². The summed E-state index contributed by atoms with van der Waals surface area (Å²) in [6.45, 7) is 2.39. The van der Waals surface area contributed by atoms with E-state index < -0.39 is 0 Å². The summed E-state index contributed by atoms with van der Waals surface area (Å²) in [6, 6.07) is 1.57. The minimum absolute atomic E-state index is 0.749. The number of nitrogens with one attached hydrogen (secondary N) is 1. The Morgan fingerprint density at radius 2 is 1.35 bits per heavy atom. The van der Waals surface area contributed by atoms with Crippen LogP contribution in [0.4, 0.5) is 0 Å². The number of hydrogen-bond donors (Lipinski definition) is 1. The van der Waals surface area contributed by atoms with Crippen LogP contribution in [0.15, 0.2) is 12.2 Å². The van der Waals surface area contributed by atoms with Crippen LogP contribution in [0.5, 0.6) is 0 Å². The Kier molecular flexibility index (Phi) is 7.72. The molecule has 1 fully saturated rings. The van der Waals surface area contributed by atoms with Crippen LogP contribution < -0.4 is 5.32 Å². The summed E-state index contributed by atoms with van der Waals surface area (Å²) >= 11 is 0. The Morgan fingerprint density at radius 1 is 0.750 bits per heavy atom. The highest BCUT2D eigenvalue weighted by atomic mass is 14.9. The maximum absolute atomic E-state index is 4.04. The van der Waals surface area contributed by atoms with Crippen molar-refractivity contribution in [2.75, 3.05) is 0 Å². The van der Waals surface area contributed by atoms with Gasteiger partial charge in [0.25, 0.3) is 0 Å². The fourth-order valence-corrected chi connectivity index (χ4v) is 3.91. The number of rotatable bonds is 2. The SMILES string of the molecule is CC1/C=C\CCCCCC(NC2CCCCCCC2)C1. The Balaban J connectivity index is 1.83. The smallest absolute Gasteiger partial charge is 0.00751 e. The van der Waals surface area contributed by atoms with Gasteiger partial charge in [-0.25, -0.2) is 0 Å². The third-order valence-electron chi connectivity index (χ3n) is 5.12. The molecule has 0 saturated heterocycles. The highest BCUT2D eigenvalue weighted by molar-refractivity contribution is 4.90. The lowest BCUT2D eigenvalue weighted by Crippen LogP contribution is -2.39. The van der Waals surface area contributed by atoms with Gasteiger partial charge in [0.1, 0.15) is 0 Å². The first-order valence-electron chi connectivity index (χ1n) is 9.27. The van der Waals surface area contributed by atoms with Crippen LogP contribution in [0.3, 0.4) is 0 Å². The minimum atomic E-state index is 0.749. The van der Waals surface area contributed by atoms with Crippen molar-refractivity contribution in [2.45, 2.75) is 102 Å². The third-order valence-corrected chi connectivity index (χ3v) is 5.12. The van der Waals surface area contributed by atoms with Crippen LogP contribution in [-0.4, -0.2) is 12.1 Å². The van der Waals surface area contributed by atoms with E-state index in [0.717, 1.165) is 18.0 Å². The van der Waals surface area contributed by atoms with Crippen LogP contribution in [0.25, 0.3) is 0 Å². The molecule has 0 aromatic rings. The molecule has 0 spiro atoms. The van der Waals surface area contributed by atoms with Crippen molar-refractivity contribution in [1.29, 1.82) is 0 Å². The Bertz CT molecular complexity index is 263. The lowest BCUT2D eigenvalue weighted by atomic mass is 9.91. The van der Waals surface area contributed by atoms with Crippen molar-refractivity contribution < 1.29 is 0 Å². The molecule has 1 N–H and O–H groups in total. The zero-order valence-electron chi connectivity index (χ0n) is 13.6. The standard InChI is InChI=1S/C19H35N/c1-17-12-8-4-2-7-11-15-19(16-17)20-18-13-9-5-3-6-10-14-18/h8,12,17-20H,2-7,9-11,13-16H2,1H3/b12-8-. The molecule has 2 aliphatic carbocycles. The van der Waals surface area contributed by atoms with Gasteiger partial charge in [0.05, 0.1) is 0 Å². The monoisotopic (exact) mass is 277 g/mol. The second kappa shape index (κ2) is 9.60. The Morgan fingerprint density at radius 3 is 2.10 bits per heavy atom. The molecule has 20 heavy (non-hydrogen) atoms. The molecular weight excluding hydrogens is 242 g/mol. The van der Waals surface area contributed by atoms with Gasteiger partial charge in [0.15, 0.2) is 0 Å². The molecule has 2 unspecified atom stereocenters. The average Bonchev–Trinajstić information content (AvgIpc) is 2.40. The summed E-state index contributed by atoms with van der Waals surface area (Å²) in [5.41, 5.74) is 0. The summed E-state index contributed by atoms with van der Waals surface area (Å²) in [5, 5.41) is 4.04. The normalized spacial score (nSPS) is 33.0. The van der Waals surface area contributed by atoms with E-state index in [1.54, 1.807) is 0 Å². The molecule has 0 aromatic heterocycles. The van der Waals surface area contributed by atoms with Crippen LogP contribution in [0, 0.1) is 5.92 Å². The van der Waals surface area contributed by atoms with Crippen molar-refractivity contribution >= 4 is 0 Å². The lowest BCUT2D eigenvalue weighted by Gasteiger charge is -2.29. The molecule has 0 aliphatic heterocycles. The Hall–Kier alpha value is -0.300. The van der Waals surface area contributed by atoms with Crippen LogP contribution in [0.2, 0.25) is 0 Å². The highest BCUT2D eigenvalue weighted by Gasteiger charge is 2.18. The van der Waals surface area contributed by atoms with E-state index in [1.807, 2.05) is 0 Å². The quantitative estimate of drug-likeness (QED) is 0.647. The van der Waals surface area contributed by atoms with E-state index in [1.165, 1.54) is 83.5 Å². The molecule has 1 nitrogen and oxygen atoms in total. The molecule has 1 heteroatoms. The fourth-order valence-electron chi connectivity index (χ4n) is 3.91. The van der Waals surface area contributed by atoms with E-state index in [0.29, 0.717) is 0 Å². The molecule has 0 radical (unpaired) electrons. The average molecular weight is 277 g/mol. The Labute approximate surface area is 126 Å². The van der Waals surface area contributed by atoms with Crippen molar-refractivity contribution in [1.82, 2.24) is 5.32 Å². The molecule has 1 saturated carbocycles. The maximum Gasteiger partial charge on any atom is 0.00751 e. The van der Waals surface area contributed by atoms with Crippen molar-refractivity contribution in [3.63, 3.8) is 0 Å². The molecule has 116 valence electrons. The molecule has 0 amide bonds. The molecule has 2 atom stereocenters. The van der Waals surface area contributed by atoms with Crippen LogP contribution in [-0.2, 0) is 0 Å². The van der Waals surface area contributed by atoms with Gasteiger partial charge >= 0.3 is 0 Å². The largest absolute Gasteiger partial charge is 0.311 e. The minimum Gasteiger partial charge on any atom is -0.311 e. The predicted octanol–water partition coefficient (Wildman–Crippen LogP) is 5.60. The maximum atomic E-state index is 4.04. The zero-order chi connectivity index (χ0) is 14.0. The van der Waals surface area contributed by atoms with Gasteiger partial charge < -0.3 is 5.32 Å². The second-order valence-electron chi connectivity index (χ2n) is 7.18. The molecular formula is C19H35N. The van der Waals surface area contributed by atoms with E-state index in [9.17, 15) is 0 Å². The van der Waals surface area contributed by atoms with Gasteiger partial charge in [0, 0.05) is 12.1 Å². The molecule has 0 bridgehead atoms. The fraction of sp³-hybridized carbons (Fsp3) is 0.895. The van der Waals surface area contributed by atoms with Crippen molar-refractivity contribution in [3.8, 4) is 0 Å². The molecule has 0 heterocycles. The first-order valence-corrected chi connectivity index (χ1v) is 9.27. The van der Waals surface area contributed by atoms with Gasteiger partial charge in [-0.15, -0.1) is 0 Å². The first kappa shape index (κ1) is 16.1. The predicted molar refractivity (Wildman–Crippen MR) is 89.0 cm³/mol. The van der Waals surface area contributed by atoms with E-state index in [2.05, 4.69) is 24.4 Å². The van der Waals surface area contributed by atoms with Gasteiger partial charge in [0.2, 0.25) is 0 Å². The molecule has 0 aromatic carbocycles. The first-order chi connectivity index (χ1) is 9.84. The van der Waals surface area contributed by atoms with Crippen molar-refractivity contribution in [2.24, 2.45) is 5.92 Å². The topological polar surface area (TPSA) is 12.0 Å².